The molecule has 0 fully saturated rings. The summed E-state index contributed by atoms with van der Waals surface area (Å²) in [5.74, 6) is -4.28. The molecule has 17 heavy (non-hydrogen) atoms. The van der Waals surface area contributed by atoms with E-state index in [1.54, 1.807) is 13.8 Å². The smallest absolute Gasteiger partial charge is 0.196 e. The molecule has 1 heterocycles. The molecule has 5 heteroatoms. The molecule has 0 aliphatic heterocycles. The Morgan fingerprint density at radius 2 is 1.88 bits per heavy atom. The van der Waals surface area contributed by atoms with Crippen molar-refractivity contribution in [1.29, 1.82) is 0 Å². The highest BCUT2D eigenvalue weighted by Gasteiger charge is 2.17. The average Bonchev–Trinajstić information content (AvgIpc) is 2.32. The van der Waals surface area contributed by atoms with E-state index in [4.69, 9.17) is 0 Å². The van der Waals surface area contributed by atoms with Crippen LogP contribution in [0.15, 0.2) is 10.9 Å². The number of aromatic amines is 1. The summed E-state index contributed by atoms with van der Waals surface area (Å²) < 4.78 is 39.6. The molecule has 0 saturated heterocycles. The molecule has 0 unspecified atom stereocenters. The molecule has 0 atom stereocenters. The number of hydrogen-bond acceptors (Lipinski definition) is 1. The standard InChI is InChI=1S/C12H10F3NO/c1-3-8-5(2)12(17)6-4-7(13)9(14)10(15)11(6)16-8/h4H,3H2,1-2H3,(H,16,17). The SMILES string of the molecule is CCc1[nH]c2c(F)c(F)c(F)cc2c(=O)c1C. The van der Waals surface area contributed by atoms with Crippen LogP contribution in [-0.4, -0.2) is 4.98 Å². The Hall–Kier alpha value is -1.78. The summed E-state index contributed by atoms with van der Waals surface area (Å²) in [7, 11) is 0. The third-order valence-corrected chi connectivity index (χ3v) is 2.83. The Morgan fingerprint density at radius 3 is 2.47 bits per heavy atom. The molecule has 2 rings (SSSR count). The molecule has 2 nitrogen and oxygen atoms in total. The maximum absolute atomic E-state index is 13.5. The largest absolute Gasteiger partial charge is 0.355 e. The minimum atomic E-state index is -1.57. The maximum atomic E-state index is 13.5. The van der Waals surface area contributed by atoms with Crippen LogP contribution in [0.3, 0.4) is 0 Å². The molecule has 1 N–H and O–H groups in total. The van der Waals surface area contributed by atoms with E-state index in [0.29, 0.717) is 17.7 Å². The van der Waals surface area contributed by atoms with Crippen LogP contribution in [0.4, 0.5) is 13.2 Å². The van der Waals surface area contributed by atoms with Crippen LogP contribution in [0.2, 0.25) is 0 Å². The van der Waals surface area contributed by atoms with Gasteiger partial charge in [0, 0.05) is 11.3 Å². The Kier molecular flexibility index (Phi) is 2.69. The summed E-state index contributed by atoms with van der Waals surface area (Å²) >= 11 is 0. The van der Waals surface area contributed by atoms with Crippen molar-refractivity contribution in [3.63, 3.8) is 0 Å². The van der Waals surface area contributed by atoms with Crippen LogP contribution < -0.4 is 5.43 Å². The number of hydrogen-bond donors (Lipinski definition) is 1. The fraction of sp³-hybridized carbons (Fsp3) is 0.250. The van der Waals surface area contributed by atoms with Gasteiger partial charge in [0.15, 0.2) is 22.9 Å². The molecule has 0 spiro atoms. The highest BCUT2D eigenvalue weighted by Crippen LogP contribution is 2.20. The van der Waals surface area contributed by atoms with Crippen LogP contribution in [0.25, 0.3) is 10.9 Å². The molecular weight excluding hydrogens is 231 g/mol. The second-order valence-corrected chi connectivity index (χ2v) is 3.82. The molecule has 0 aliphatic carbocycles. The van der Waals surface area contributed by atoms with Crippen LogP contribution in [0.5, 0.6) is 0 Å². The highest BCUT2D eigenvalue weighted by molar-refractivity contribution is 5.80. The highest BCUT2D eigenvalue weighted by atomic mass is 19.2. The van der Waals surface area contributed by atoms with Crippen LogP contribution >= 0.6 is 0 Å². The Balaban J connectivity index is 3.03. The van der Waals surface area contributed by atoms with E-state index in [0.717, 1.165) is 6.07 Å². The van der Waals surface area contributed by atoms with Gasteiger partial charge in [-0.3, -0.25) is 4.79 Å². The van der Waals surface area contributed by atoms with E-state index in [1.165, 1.54) is 0 Å². The lowest BCUT2D eigenvalue weighted by Crippen LogP contribution is -2.13. The third-order valence-electron chi connectivity index (χ3n) is 2.83. The van der Waals surface area contributed by atoms with Gasteiger partial charge in [-0.2, -0.15) is 0 Å². The summed E-state index contributed by atoms with van der Waals surface area (Å²) in [6.07, 6.45) is 0.482. The number of rotatable bonds is 1. The first-order valence-electron chi connectivity index (χ1n) is 5.16. The van der Waals surface area contributed by atoms with E-state index >= 15 is 0 Å². The summed E-state index contributed by atoms with van der Waals surface area (Å²) in [5.41, 5.74) is 0.155. The molecule has 0 radical (unpaired) electrons. The minimum absolute atomic E-state index is 0.170. The average molecular weight is 241 g/mol. The molecule has 1 aromatic carbocycles. The Morgan fingerprint density at radius 1 is 1.24 bits per heavy atom. The van der Waals surface area contributed by atoms with E-state index in [2.05, 4.69) is 4.98 Å². The first-order chi connectivity index (χ1) is 7.97. The first kappa shape index (κ1) is 11.7. The molecule has 1 aromatic heterocycles. The molecule has 0 saturated carbocycles. The predicted molar refractivity (Wildman–Crippen MR) is 58.6 cm³/mol. The number of H-pyrrole nitrogens is 1. The van der Waals surface area contributed by atoms with Gasteiger partial charge in [-0.1, -0.05) is 6.92 Å². The maximum Gasteiger partial charge on any atom is 0.196 e. The van der Waals surface area contributed by atoms with E-state index in [1.807, 2.05) is 0 Å². The number of fused-ring (bicyclic) bond motifs is 1. The fourth-order valence-corrected chi connectivity index (χ4v) is 1.83. The van der Waals surface area contributed by atoms with Crippen molar-refractivity contribution in [2.45, 2.75) is 20.3 Å². The topological polar surface area (TPSA) is 32.9 Å². The second kappa shape index (κ2) is 3.91. The molecule has 90 valence electrons. The molecule has 0 amide bonds. The minimum Gasteiger partial charge on any atom is -0.355 e. The Labute approximate surface area is 95.1 Å². The third kappa shape index (κ3) is 1.62. The van der Waals surface area contributed by atoms with Crippen LogP contribution in [-0.2, 0) is 6.42 Å². The Bertz CT molecular complexity index is 661. The lowest BCUT2D eigenvalue weighted by atomic mass is 10.1. The predicted octanol–water partition coefficient (Wildman–Crippen LogP) is 2.82. The molecular formula is C12H10F3NO. The van der Waals surface area contributed by atoms with Gasteiger partial charge in [0.2, 0.25) is 0 Å². The summed E-state index contributed by atoms with van der Waals surface area (Å²) in [6, 6.07) is 0.721. The van der Waals surface area contributed by atoms with Crippen molar-refractivity contribution in [2.24, 2.45) is 0 Å². The lowest BCUT2D eigenvalue weighted by molar-refractivity contribution is 0.452. The molecule has 0 aliphatic rings. The number of nitrogens with one attached hydrogen (secondary N) is 1. The lowest BCUT2D eigenvalue weighted by Gasteiger charge is -2.07. The molecule has 2 aromatic rings. The van der Waals surface area contributed by atoms with Gasteiger partial charge in [0.1, 0.15) is 0 Å². The van der Waals surface area contributed by atoms with Gasteiger partial charge in [-0.25, -0.2) is 13.2 Å². The van der Waals surface area contributed by atoms with Crippen molar-refractivity contribution in [2.75, 3.05) is 0 Å². The van der Waals surface area contributed by atoms with Crippen LogP contribution in [0.1, 0.15) is 18.2 Å². The normalized spacial score (nSPS) is 11.1. The summed E-state index contributed by atoms with van der Waals surface area (Å²) in [5, 5.41) is -0.170. The van der Waals surface area contributed by atoms with Gasteiger partial charge in [0.25, 0.3) is 0 Å². The van der Waals surface area contributed by atoms with Gasteiger partial charge in [-0.15, -0.1) is 0 Å². The quantitative estimate of drug-likeness (QED) is 0.765. The van der Waals surface area contributed by atoms with Gasteiger partial charge in [0.05, 0.1) is 10.9 Å². The zero-order chi connectivity index (χ0) is 12.7. The molecule has 0 bridgehead atoms. The number of pyridine rings is 1. The van der Waals surface area contributed by atoms with Gasteiger partial charge < -0.3 is 4.98 Å². The number of aromatic nitrogens is 1. The summed E-state index contributed by atoms with van der Waals surface area (Å²) in [6.45, 7) is 3.35. The zero-order valence-electron chi connectivity index (χ0n) is 9.33. The van der Waals surface area contributed by atoms with Crippen molar-refractivity contribution in [3.05, 3.63) is 45.0 Å². The van der Waals surface area contributed by atoms with E-state index in [-0.39, 0.29) is 10.9 Å². The van der Waals surface area contributed by atoms with Crippen molar-refractivity contribution < 1.29 is 13.2 Å². The fourth-order valence-electron chi connectivity index (χ4n) is 1.83. The number of aryl methyl sites for hydroxylation is 1. The van der Waals surface area contributed by atoms with Gasteiger partial charge >= 0.3 is 0 Å². The number of halogens is 3. The monoisotopic (exact) mass is 241 g/mol. The van der Waals surface area contributed by atoms with Crippen molar-refractivity contribution >= 4 is 10.9 Å². The number of benzene rings is 1. The van der Waals surface area contributed by atoms with Crippen molar-refractivity contribution in [3.8, 4) is 0 Å². The first-order valence-corrected chi connectivity index (χ1v) is 5.16. The summed E-state index contributed by atoms with van der Waals surface area (Å²) in [4.78, 5) is 14.5. The van der Waals surface area contributed by atoms with E-state index < -0.39 is 22.9 Å². The van der Waals surface area contributed by atoms with E-state index in [9.17, 15) is 18.0 Å². The second-order valence-electron chi connectivity index (χ2n) is 3.82. The van der Waals surface area contributed by atoms with Crippen LogP contribution in [0, 0.1) is 24.4 Å². The van der Waals surface area contributed by atoms with Crippen molar-refractivity contribution in [1.82, 2.24) is 4.98 Å². The van der Waals surface area contributed by atoms with Gasteiger partial charge in [-0.05, 0) is 19.4 Å². The zero-order valence-corrected chi connectivity index (χ0v) is 9.33.